The van der Waals surface area contributed by atoms with Crippen LogP contribution in [0.5, 0.6) is 0 Å². The molecule has 14 heavy (non-hydrogen) atoms. The van der Waals surface area contributed by atoms with Crippen molar-refractivity contribution in [1.82, 2.24) is 0 Å². The van der Waals surface area contributed by atoms with Gasteiger partial charge < -0.3 is 0 Å². The molecule has 0 saturated heterocycles. The molecular formula is C13H26O. The average Bonchev–Trinajstić information content (AvgIpc) is 1.93. The molecule has 0 aliphatic rings. The van der Waals surface area contributed by atoms with Crippen LogP contribution >= 0.6 is 0 Å². The van der Waals surface area contributed by atoms with Crippen LogP contribution in [0.15, 0.2) is 0 Å². The zero-order valence-corrected chi connectivity index (χ0v) is 10.7. The fourth-order valence-corrected chi connectivity index (χ4v) is 1.32. The van der Waals surface area contributed by atoms with Gasteiger partial charge in [-0.2, -0.15) is 0 Å². The van der Waals surface area contributed by atoms with E-state index in [1.807, 2.05) is 20.8 Å². The molecule has 0 heterocycles. The lowest BCUT2D eigenvalue weighted by atomic mass is 9.85. The van der Waals surface area contributed by atoms with Crippen molar-refractivity contribution in [2.45, 2.75) is 67.2 Å². The summed E-state index contributed by atoms with van der Waals surface area (Å²) in [6, 6.07) is 0. The maximum atomic E-state index is 11.6. The van der Waals surface area contributed by atoms with Gasteiger partial charge >= 0.3 is 0 Å². The average molecular weight is 198 g/mol. The summed E-state index contributed by atoms with van der Waals surface area (Å²) in [7, 11) is 0. The van der Waals surface area contributed by atoms with E-state index in [2.05, 4.69) is 20.8 Å². The number of rotatable bonds is 4. The zero-order valence-electron chi connectivity index (χ0n) is 10.7. The Kier molecular flexibility index (Phi) is 4.83. The van der Waals surface area contributed by atoms with Gasteiger partial charge in [-0.3, -0.25) is 4.79 Å². The molecule has 0 rings (SSSR count). The van der Waals surface area contributed by atoms with Gasteiger partial charge in [0, 0.05) is 11.8 Å². The second kappa shape index (κ2) is 4.95. The molecule has 0 N–H and O–H groups in total. The normalized spacial score (nSPS) is 13.0. The zero-order chi connectivity index (χ0) is 11.4. The van der Waals surface area contributed by atoms with E-state index < -0.39 is 0 Å². The summed E-state index contributed by atoms with van der Waals surface area (Å²) < 4.78 is 0. The van der Waals surface area contributed by atoms with E-state index in [0.29, 0.717) is 11.2 Å². The maximum Gasteiger partial charge on any atom is 0.138 e. The van der Waals surface area contributed by atoms with Crippen molar-refractivity contribution in [2.24, 2.45) is 10.8 Å². The lowest BCUT2D eigenvalue weighted by Crippen LogP contribution is -2.19. The van der Waals surface area contributed by atoms with Crippen molar-refractivity contribution in [3.8, 4) is 0 Å². The number of hydrogen-bond donors (Lipinski definition) is 0. The highest BCUT2D eigenvalue weighted by molar-refractivity contribution is 5.83. The van der Waals surface area contributed by atoms with Crippen LogP contribution in [0.25, 0.3) is 0 Å². The Hall–Kier alpha value is -0.330. The molecule has 0 saturated carbocycles. The van der Waals surface area contributed by atoms with Crippen molar-refractivity contribution in [2.75, 3.05) is 0 Å². The van der Waals surface area contributed by atoms with Gasteiger partial charge in [0.05, 0.1) is 0 Å². The Morgan fingerprint density at radius 2 is 1.43 bits per heavy atom. The minimum Gasteiger partial charge on any atom is -0.299 e. The summed E-state index contributed by atoms with van der Waals surface area (Å²) >= 11 is 0. The summed E-state index contributed by atoms with van der Waals surface area (Å²) in [5, 5.41) is 0. The van der Waals surface area contributed by atoms with E-state index >= 15 is 0 Å². The second-order valence-corrected chi connectivity index (χ2v) is 6.44. The third-order valence-corrected chi connectivity index (χ3v) is 2.42. The lowest BCUT2D eigenvalue weighted by molar-refractivity contribution is -0.126. The molecule has 0 bridgehead atoms. The second-order valence-electron chi connectivity index (χ2n) is 6.44. The number of carbonyl (C=O) groups excluding carboxylic acids is 1. The standard InChI is InChI=1S/C13H26O/c1-12(2,3)10-8-7-9-11(14)13(4,5)6/h7-10H2,1-6H3. The van der Waals surface area contributed by atoms with Crippen LogP contribution in [-0.4, -0.2) is 5.78 Å². The van der Waals surface area contributed by atoms with Crippen molar-refractivity contribution in [1.29, 1.82) is 0 Å². The monoisotopic (exact) mass is 198 g/mol. The molecule has 84 valence electrons. The van der Waals surface area contributed by atoms with Crippen LogP contribution in [0.2, 0.25) is 0 Å². The van der Waals surface area contributed by atoms with Crippen LogP contribution in [0.3, 0.4) is 0 Å². The largest absolute Gasteiger partial charge is 0.299 e. The van der Waals surface area contributed by atoms with E-state index in [9.17, 15) is 4.79 Å². The summed E-state index contributed by atoms with van der Waals surface area (Å²) in [6.45, 7) is 12.7. The minimum absolute atomic E-state index is 0.151. The van der Waals surface area contributed by atoms with Gasteiger partial charge in [0.1, 0.15) is 5.78 Å². The minimum atomic E-state index is -0.151. The third-order valence-electron chi connectivity index (χ3n) is 2.42. The van der Waals surface area contributed by atoms with E-state index in [1.54, 1.807) is 0 Å². The molecular weight excluding hydrogens is 172 g/mol. The van der Waals surface area contributed by atoms with Crippen molar-refractivity contribution in [3.05, 3.63) is 0 Å². The third kappa shape index (κ3) is 7.11. The van der Waals surface area contributed by atoms with Crippen LogP contribution in [-0.2, 0) is 4.79 Å². The number of unbranched alkanes of at least 4 members (excludes halogenated alkanes) is 1. The first kappa shape index (κ1) is 13.7. The summed E-state index contributed by atoms with van der Waals surface area (Å²) in [4.78, 5) is 11.6. The molecule has 0 amide bonds. The number of Topliss-reactive ketones (excluding diaryl/α,β-unsaturated/α-hetero) is 1. The highest BCUT2D eigenvalue weighted by Crippen LogP contribution is 2.24. The summed E-state index contributed by atoms with van der Waals surface area (Å²) in [5.74, 6) is 0.395. The predicted octanol–water partition coefficient (Wildman–Crippen LogP) is 4.21. The topological polar surface area (TPSA) is 17.1 Å². The molecule has 0 aliphatic heterocycles. The van der Waals surface area contributed by atoms with E-state index in [0.717, 1.165) is 12.8 Å². The highest BCUT2D eigenvalue weighted by atomic mass is 16.1. The van der Waals surface area contributed by atoms with Gasteiger partial charge in [0.2, 0.25) is 0 Å². The first-order chi connectivity index (χ1) is 6.13. The molecule has 0 spiro atoms. The Morgan fingerprint density at radius 1 is 0.929 bits per heavy atom. The van der Waals surface area contributed by atoms with Crippen LogP contribution in [0.1, 0.15) is 67.2 Å². The molecule has 0 aromatic carbocycles. The smallest absolute Gasteiger partial charge is 0.138 e. The summed E-state index contributed by atoms with van der Waals surface area (Å²) in [5.41, 5.74) is 0.256. The maximum absolute atomic E-state index is 11.6. The van der Waals surface area contributed by atoms with Gasteiger partial charge in [-0.05, 0) is 18.3 Å². The first-order valence-corrected chi connectivity index (χ1v) is 5.66. The van der Waals surface area contributed by atoms with Crippen molar-refractivity contribution >= 4 is 5.78 Å². The van der Waals surface area contributed by atoms with Crippen molar-refractivity contribution < 1.29 is 4.79 Å². The van der Waals surface area contributed by atoms with E-state index in [4.69, 9.17) is 0 Å². The number of ketones is 1. The van der Waals surface area contributed by atoms with Crippen LogP contribution in [0, 0.1) is 10.8 Å². The van der Waals surface area contributed by atoms with Gasteiger partial charge in [0.25, 0.3) is 0 Å². The molecule has 0 aromatic heterocycles. The molecule has 0 fully saturated rings. The van der Waals surface area contributed by atoms with Crippen LogP contribution in [0.4, 0.5) is 0 Å². The quantitative estimate of drug-likeness (QED) is 0.618. The molecule has 0 atom stereocenters. The van der Waals surface area contributed by atoms with E-state index in [1.165, 1.54) is 12.8 Å². The Bertz CT molecular complexity index is 178. The molecule has 1 nitrogen and oxygen atoms in total. The Morgan fingerprint density at radius 3 is 1.79 bits per heavy atom. The lowest BCUT2D eigenvalue weighted by Gasteiger charge is -2.19. The Balaban J connectivity index is 3.62. The van der Waals surface area contributed by atoms with Gasteiger partial charge in [-0.15, -0.1) is 0 Å². The van der Waals surface area contributed by atoms with E-state index in [-0.39, 0.29) is 5.41 Å². The summed E-state index contributed by atoms with van der Waals surface area (Å²) in [6.07, 6.45) is 4.18. The fourth-order valence-electron chi connectivity index (χ4n) is 1.32. The SMILES string of the molecule is CC(C)(C)CCCCC(=O)C(C)(C)C. The molecule has 0 aliphatic carbocycles. The number of hydrogen-bond acceptors (Lipinski definition) is 1. The van der Waals surface area contributed by atoms with Gasteiger partial charge in [-0.1, -0.05) is 48.0 Å². The molecule has 0 aromatic rings. The molecule has 1 heteroatoms. The first-order valence-electron chi connectivity index (χ1n) is 5.66. The Labute approximate surface area is 89.3 Å². The molecule has 0 radical (unpaired) electrons. The van der Waals surface area contributed by atoms with Crippen LogP contribution < -0.4 is 0 Å². The van der Waals surface area contributed by atoms with Crippen molar-refractivity contribution in [3.63, 3.8) is 0 Å². The number of carbonyl (C=O) groups is 1. The highest BCUT2D eigenvalue weighted by Gasteiger charge is 2.20. The predicted molar refractivity (Wildman–Crippen MR) is 62.4 cm³/mol. The fraction of sp³-hybridized carbons (Fsp3) is 0.923. The van der Waals surface area contributed by atoms with Gasteiger partial charge in [0.15, 0.2) is 0 Å². The molecule has 0 unspecified atom stereocenters. The van der Waals surface area contributed by atoms with Gasteiger partial charge in [-0.25, -0.2) is 0 Å².